The van der Waals surface area contributed by atoms with Crippen molar-refractivity contribution in [3.63, 3.8) is 0 Å². The second-order valence-electron chi connectivity index (χ2n) is 8.13. The number of carbonyl (C=O) groups excluding carboxylic acids is 2. The number of aryl methyl sites for hydroxylation is 1. The van der Waals surface area contributed by atoms with Gasteiger partial charge in [-0.15, -0.1) is 0 Å². The number of hydroxylamine groups is 1. The van der Waals surface area contributed by atoms with E-state index < -0.39 is 29.0 Å². The summed E-state index contributed by atoms with van der Waals surface area (Å²) in [4.78, 5) is 28.2. The van der Waals surface area contributed by atoms with Crippen LogP contribution in [-0.4, -0.2) is 22.0 Å². The molecule has 8 heteroatoms. The molecule has 4 N–H and O–H groups in total. The van der Waals surface area contributed by atoms with Crippen LogP contribution in [0.1, 0.15) is 30.2 Å². The maximum Gasteiger partial charge on any atom is 0.247 e. The number of carbonyl (C=O) groups is 2. The minimum Gasteiger partial charge on any atom is -0.486 e. The minimum atomic E-state index is -1.12. The van der Waals surface area contributed by atoms with Crippen molar-refractivity contribution < 1.29 is 23.9 Å². The number of ether oxygens (including phenoxy) is 1. The molecule has 166 valence electrons. The highest BCUT2D eigenvalue weighted by Crippen LogP contribution is 2.54. The average Bonchev–Trinajstić information content (AvgIpc) is 3.53. The third-order valence-corrected chi connectivity index (χ3v) is 6.11. The van der Waals surface area contributed by atoms with Gasteiger partial charge in [-0.2, -0.15) is 0 Å². The van der Waals surface area contributed by atoms with E-state index in [9.17, 15) is 14.0 Å². The lowest BCUT2D eigenvalue weighted by molar-refractivity contribution is -0.134. The molecule has 1 aliphatic carbocycles. The van der Waals surface area contributed by atoms with Gasteiger partial charge in [0.2, 0.25) is 11.8 Å². The van der Waals surface area contributed by atoms with Crippen LogP contribution in [0.4, 0.5) is 4.39 Å². The molecule has 1 aliphatic rings. The largest absolute Gasteiger partial charge is 0.486 e. The Kier molecular flexibility index (Phi) is 5.80. The topological polar surface area (TPSA) is 115 Å². The molecule has 2 unspecified atom stereocenters. The van der Waals surface area contributed by atoms with Crippen LogP contribution in [0.15, 0.2) is 48.5 Å². The molecule has 0 saturated heterocycles. The zero-order valence-electron chi connectivity index (χ0n) is 17.6. The van der Waals surface area contributed by atoms with Crippen LogP contribution in [0.25, 0.3) is 10.9 Å². The van der Waals surface area contributed by atoms with Gasteiger partial charge in [-0.1, -0.05) is 31.2 Å². The number of halogens is 1. The maximum atomic E-state index is 14.8. The number of nitrogens with two attached hydrogens (primary N) is 1. The van der Waals surface area contributed by atoms with Gasteiger partial charge in [0.1, 0.15) is 6.61 Å². The van der Waals surface area contributed by atoms with Crippen LogP contribution in [0, 0.1) is 17.2 Å². The zero-order chi connectivity index (χ0) is 22.9. The van der Waals surface area contributed by atoms with Crippen LogP contribution in [-0.2, 0) is 29.0 Å². The molecule has 3 aromatic rings. The lowest BCUT2D eigenvalue weighted by Gasteiger charge is -2.15. The molecule has 32 heavy (non-hydrogen) atoms. The number of nitrogens with one attached hydrogen (secondary N) is 1. The molecule has 2 amide bonds. The number of hydrogen-bond donors (Lipinski definition) is 3. The summed E-state index contributed by atoms with van der Waals surface area (Å²) in [5, 5.41) is 9.78. The third kappa shape index (κ3) is 4.01. The molecule has 1 fully saturated rings. The molecule has 2 aromatic carbocycles. The number of benzene rings is 2. The minimum absolute atomic E-state index is 0.0845. The van der Waals surface area contributed by atoms with E-state index in [1.54, 1.807) is 11.5 Å². The first kappa shape index (κ1) is 21.7. The first-order valence-electron chi connectivity index (χ1n) is 10.4. The van der Waals surface area contributed by atoms with Crippen LogP contribution in [0.2, 0.25) is 0 Å². The summed E-state index contributed by atoms with van der Waals surface area (Å²) in [5.74, 6) is -2.53. The third-order valence-electron chi connectivity index (χ3n) is 6.11. The lowest BCUT2D eigenvalue weighted by Crippen LogP contribution is -2.33. The maximum absolute atomic E-state index is 14.8. The van der Waals surface area contributed by atoms with Crippen LogP contribution in [0.3, 0.4) is 0 Å². The number of aromatic nitrogens is 1. The van der Waals surface area contributed by atoms with E-state index in [4.69, 9.17) is 15.7 Å². The summed E-state index contributed by atoms with van der Waals surface area (Å²) in [6.07, 6.45) is 1.09. The second kappa shape index (κ2) is 8.55. The fraction of sp³-hybridized carbons (Fsp3) is 0.292. The van der Waals surface area contributed by atoms with Gasteiger partial charge in [-0.25, -0.2) is 9.87 Å². The Morgan fingerprint density at radius 1 is 1.28 bits per heavy atom. The predicted molar refractivity (Wildman–Crippen MR) is 115 cm³/mol. The Morgan fingerprint density at radius 2 is 2.06 bits per heavy atom. The van der Waals surface area contributed by atoms with E-state index in [0.29, 0.717) is 5.56 Å². The van der Waals surface area contributed by atoms with Crippen LogP contribution in [0.5, 0.6) is 5.75 Å². The Balaban J connectivity index is 1.51. The summed E-state index contributed by atoms with van der Waals surface area (Å²) in [5.41, 5.74) is 9.15. The smallest absolute Gasteiger partial charge is 0.247 e. The van der Waals surface area contributed by atoms with E-state index in [-0.39, 0.29) is 25.2 Å². The average molecular weight is 437 g/mol. The van der Waals surface area contributed by atoms with Gasteiger partial charge in [-0.3, -0.25) is 19.8 Å². The molecule has 1 saturated carbocycles. The van der Waals surface area contributed by atoms with Gasteiger partial charge in [0.05, 0.1) is 16.8 Å². The Morgan fingerprint density at radius 3 is 2.75 bits per heavy atom. The summed E-state index contributed by atoms with van der Waals surface area (Å²) in [6, 6.07) is 14.1. The zero-order valence-corrected chi connectivity index (χ0v) is 17.6. The summed E-state index contributed by atoms with van der Waals surface area (Å²) in [7, 11) is 0. The standard InChI is InChI=1S/C24H24FN3O4/c1-2-16-10-15(17-5-3-4-6-20(17)27-16)13-32-21-8-7-14(9-19(21)25)11-24(23(26)30)12-18(24)22(29)28-31/h3-10,18,31H,2,11-13H2,1H3,(H2,26,30)(H,28,29). The molecule has 0 radical (unpaired) electrons. The van der Waals surface area contributed by atoms with Crippen molar-refractivity contribution in [1.82, 2.24) is 10.5 Å². The van der Waals surface area contributed by atoms with Gasteiger partial charge >= 0.3 is 0 Å². The second-order valence-corrected chi connectivity index (χ2v) is 8.13. The quantitative estimate of drug-likeness (QED) is 0.370. The molecule has 2 atom stereocenters. The van der Waals surface area contributed by atoms with E-state index in [2.05, 4.69) is 4.98 Å². The first-order valence-corrected chi connectivity index (χ1v) is 10.4. The number of pyridine rings is 1. The van der Waals surface area contributed by atoms with E-state index in [1.165, 1.54) is 12.1 Å². The van der Waals surface area contributed by atoms with Crippen LogP contribution >= 0.6 is 0 Å². The highest BCUT2D eigenvalue weighted by Gasteiger charge is 2.62. The van der Waals surface area contributed by atoms with E-state index in [1.807, 2.05) is 37.3 Å². The van der Waals surface area contributed by atoms with Crippen LogP contribution < -0.4 is 16.0 Å². The van der Waals surface area contributed by atoms with Crippen molar-refractivity contribution in [1.29, 1.82) is 0 Å². The Hall–Kier alpha value is -3.52. The lowest BCUT2D eigenvalue weighted by atomic mass is 9.92. The number of hydrogen-bond acceptors (Lipinski definition) is 5. The van der Waals surface area contributed by atoms with Gasteiger partial charge < -0.3 is 10.5 Å². The molecule has 0 aliphatic heterocycles. The number of para-hydroxylation sites is 1. The summed E-state index contributed by atoms with van der Waals surface area (Å²) >= 11 is 0. The molecule has 1 heterocycles. The van der Waals surface area contributed by atoms with E-state index >= 15 is 0 Å². The Bertz CT molecular complexity index is 1200. The normalized spacial score (nSPS) is 19.5. The summed E-state index contributed by atoms with van der Waals surface area (Å²) in [6.45, 7) is 2.20. The van der Waals surface area contributed by atoms with Crippen molar-refractivity contribution in [3.05, 3.63) is 71.2 Å². The number of rotatable bonds is 8. The number of amides is 2. The highest BCUT2D eigenvalue weighted by atomic mass is 19.1. The molecular weight excluding hydrogens is 413 g/mol. The van der Waals surface area contributed by atoms with Gasteiger partial charge in [-0.05, 0) is 49.1 Å². The molecule has 7 nitrogen and oxygen atoms in total. The molecule has 1 aromatic heterocycles. The molecule has 4 rings (SSSR count). The predicted octanol–water partition coefficient (Wildman–Crippen LogP) is 3.05. The number of fused-ring (bicyclic) bond motifs is 1. The van der Waals surface area contributed by atoms with Crippen molar-refractivity contribution in [2.75, 3.05) is 0 Å². The monoisotopic (exact) mass is 437 g/mol. The summed E-state index contributed by atoms with van der Waals surface area (Å²) < 4.78 is 20.5. The van der Waals surface area contributed by atoms with Crippen molar-refractivity contribution in [2.45, 2.75) is 32.8 Å². The van der Waals surface area contributed by atoms with Gasteiger partial charge in [0.25, 0.3) is 0 Å². The fourth-order valence-electron chi connectivity index (χ4n) is 4.18. The van der Waals surface area contributed by atoms with Crippen molar-refractivity contribution >= 4 is 22.7 Å². The molecular formula is C24H24FN3O4. The molecule has 0 bridgehead atoms. The first-order chi connectivity index (χ1) is 15.4. The van der Waals surface area contributed by atoms with Crippen molar-refractivity contribution in [2.24, 2.45) is 17.1 Å². The SMILES string of the molecule is CCc1cc(COc2ccc(CC3(C(N)=O)CC3C(=O)NO)cc2F)c2ccccc2n1. The van der Waals surface area contributed by atoms with Gasteiger partial charge in [0, 0.05) is 16.6 Å². The van der Waals surface area contributed by atoms with Crippen molar-refractivity contribution in [3.8, 4) is 5.75 Å². The molecule has 0 spiro atoms. The van der Waals surface area contributed by atoms with E-state index in [0.717, 1.165) is 28.6 Å². The Labute approximate surface area is 184 Å². The van der Waals surface area contributed by atoms with Gasteiger partial charge in [0.15, 0.2) is 11.6 Å². The number of nitrogens with zero attached hydrogens (tertiary/aromatic N) is 1. The fourth-order valence-corrected chi connectivity index (χ4v) is 4.18. The number of primary amides is 1. The highest BCUT2D eigenvalue weighted by molar-refractivity contribution is 5.95.